The summed E-state index contributed by atoms with van der Waals surface area (Å²) in [7, 11) is 2.33. The Morgan fingerprint density at radius 3 is 2.23 bits per heavy atom. The van der Waals surface area contributed by atoms with Crippen molar-refractivity contribution in [2.45, 2.75) is 17.7 Å². The number of carbonyl (C=O) groups is 1. The van der Waals surface area contributed by atoms with E-state index >= 15 is 0 Å². The average molecular weight is 519 g/mol. The van der Waals surface area contributed by atoms with Crippen molar-refractivity contribution in [1.82, 2.24) is 4.31 Å². The van der Waals surface area contributed by atoms with Gasteiger partial charge in [0.2, 0.25) is 15.9 Å². The lowest BCUT2D eigenvalue weighted by Gasteiger charge is -2.16. The van der Waals surface area contributed by atoms with Crippen LogP contribution < -0.4 is 19.5 Å². The monoisotopic (exact) mass is 518 g/mol. The first kappa shape index (κ1) is 26.3. The number of methoxy groups -OCH3 is 2. The predicted molar refractivity (Wildman–Crippen MR) is 135 cm³/mol. The number of hydrogen-bond acceptors (Lipinski definition) is 6. The number of ether oxygens (including phenoxy) is 3. The van der Waals surface area contributed by atoms with Crippen LogP contribution >= 0.6 is 11.6 Å². The SMILES string of the molecule is COc1ccc(S(=O)(=O)N(C)C)cc1CCC(=O)Nc1cc(Cl)ccc1Oc1ccccc1OC. The molecular formula is C25H27ClN2O6S. The van der Waals surface area contributed by atoms with Crippen LogP contribution in [-0.4, -0.2) is 46.9 Å². The number of rotatable bonds is 10. The van der Waals surface area contributed by atoms with E-state index in [9.17, 15) is 13.2 Å². The highest BCUT2D eigenvalue weighted by molar-refractivity contribution is 7.89. The first-order valence-corrected chi connectivity index (χ1v) is 12.5. The fourth-order valence-corrected chi connectivity index (χ4v) is 4.42. The summed E-state index contributed by atoms with van der Waals surface area (Å²) < 4.78 is 42.8. The fraction of sp³-hybridized carbons (Fsp3) is 0.240. The quantitative estimate of drug-likeness (QED) is 0.407. The van der Waals surface area contributed by atoms with E-state index in [1.165, 1.54) is 33.3 Å². The summed E-state index contributed by atoms with van der Waals surface area (Å²) in [5.41, 5.74) is 0.992. The van der Waals surface area contributed by atoms with Crippen LogP contribution in [0.25, 0.3) is 0 Å². The summed E-state index contributed by atoms with van der Waals surface area (Å²) in [6.45, 7) is 0. The van der Waals surface area contributed by atoms with Gasteiger partial charge < -0.3 is 19.5 Å². The van der Waals surface area contributed by atoms with Gasteiger partial charge in [0, 0.05) is 25.5 Å². The second kappa shape index (κ2) is 11.4. The number of nitrogens with zero attached hydrogens (tertiary/aromatic N) is 1. The molecule has 0 aliphatic carbocycles. The fourth-order valence-electron chi connectivity index (χ4n) is 3.29. The van der Waals surface area contributed by atoms with Gasteiger partial charge in [0.15, 0.2) is 17.2 Å². The van der Waals surface area contributed by atoms with Gasteiger partial charge in [-0.1, -0.05) is 23.7 Å². The van der Waals surface area contributed by atoms with E-state index in [1.807, 2.05) is 12.1 Å². The zero-order chi connectivity index (χ0) is 25.6. The van der Waals surface area contributed by atoms with Crippen molar-refractivity contribution in [3.8, 4) is 23.0 Å². The van der Waals surface area contributed by atoms with Crippen LogP contribution in [0, 0.1) is 0 Å². The summed E-state index contributed by atoms with van der Waals surface area (Å²) >= 11 is 6.15. The number of hydrogen-bond donors (Lipinski definition) is 1. The van der Waals surface area contributed by atoms with Crippen molar-refractivity contribution >= 4 is 33.2 Å². The van der Waals surface area contributed by atoms with Crippen LogP contribution in [0.2, 0.25) is 5.02 Å². The largest absolute Gasteiger partial charge is 0.496 e. The lowest BCUT2D eigenvalue weighted by molar-refractivity contribution is -0.116. The third kappa shape index (κ3) is 6.45. The van der Waals surface area contributed by atoms with Crippen LogP contribution in [0.5, 0.6) is 23.0 Å². The molecule has 0 bridgehead atoms. The van der Waals surface area contributed by atoms with E-state index < -0.39 is 10.0 Å². The Morgan fingerprint density at radius 1 is 0.914 bits per heavy atom. The first-order chi connectivity index (χ1) is 16.6. The number of amides is 1. The molecule has 10 heteroatoms. The summed E-state index contributed by atoms with van der Waals surface area (Å²) in [4.78, 5) is 12.9. The first-order valence-electron chi connectivity index (χ1n) is 10.7. The third-order valence-corrected chi connectivity index (χ3v) is 7.20. The molecule has 35 heavy (non-hydrogen) atoms. The minimum atomic E-state index is -3.62. The Hall–Kier alpha value is -3.27. The maximum absolute atomic E-state index is 12.8. The van der Waals surface area contributed by atoms with Crippen molar-refractivity contribution in [1.29, 1.82) is 0 Å². The molecule has 3 aromatic rings. The van der Waals surface area contributed by atoms with E-state index in [-0.39, 0.29) is 23.6 Å². The van der Waals surface area contributed by atoms with Crippen LogP contribution in [0.15, 0.2) is 65.6 Å². The molecule has 0 saturated heterocycles. The van der Waals surface area contributed by atoms with Crippen LogP contribution in [-0.2, 0) is 21.2 Å². The Morgan fingerprint density at radius 2 is 1.57 bits per heavy atom. The molecule has 0 heterocycles. The number of nitrogens with one attached hydrogen (secondary N) is 1. The lowest BCUT2D eigenvalue weighted by Crippen LogP contribution is -2.22. The number of sulfonamides is 1. The summed E-state index contributed by atoms with van der Waals surface area (Å²) in [5, 5.41) is 3.25. The average Bonchev–Trinajstić information content (AvgIpc) is 2.84. The molecule has 0 fully saturated rings. The van der Waals surface area contributed by atoms with E-state index in [0.29, 0.717) is 39.3 Å². The summed E-state index contributed by atoms with van der Waals surface area (Å²) in [5.74, 6) is 1.61. The number of carbonyl (C=O) groups excluding carboxylic acids is 1. The Labute approximate surface area is 210 Å². The van der Waals surface area contributed by atoms with Crippen molar-refractivity contribution < 1.29 is 27.4 Å². The van der Waals surface area contributed by atoms with Gasteiger partial charge in [0.05, 0.1) is 24.8 Å². The molecule has 0 aromatic heterocycles. The molecule has 1 N–H and O–H groups in total. The van der Waals surface area contributed by atoms with E-state index in [1.54, 1.807) is 43.5 Å². The molecular weight excluding hydrogens is 492 g/mol. The molecule has 3 aromatic carbocycles. The van der Waals surface area contributed by atoms with Crippen LogP contribution in [0.4, 0.5) is 5.69 Å². The molecule has 0 saturated carbocycles. The molecule has 0 atom stereocenters. The minimum absolute atomic E-state index is 0.0719. The van der Waals surface area contributed by atoms with Crippen LogP contribution in [0.1, 0.15) is 12.0 Å². The molecule has 0 unspecified atom stereocenters. The van der Waals surface area contributed by atoms with Crippen molar-refractivity contribution in [3.63, 3.8) is 0 Å². The van der Waals surface area contributed by atoms with Crippen molar-refractivity contribution in [2.75, 3.05) is 33.6 Å². The zero-order valence-electron chi connectivity index (χ0n) is 19.9. The smallest absolute Gasteiger partial charge is 0.242 e. The number of para-hydroxylation sites is 2. The highest BCUT2D eigenvalue weighted by Crippen LogP contribution is 2.36. The highest BCUT2D eigenvalue weighted by atomic mass is 35.5. The number of aryl methyl sites for hydroxylation is 1. The zero-order valence-corrected chi connectivity index (χ0v) is 21.4. The van der Waals surface area contributed by atoms with Crippen molar-refractivity contribution in [3.05, 3.63) is 71.2 Å². The van der Waals surface area contributed by atoms with Gasteiger partial charge >= 0.3 is 0 Å². The van der Waals surface area contributed by atoms with Crippen LogP contribution in [0.3, 0.4) is 0 Å². The van der Waals surface area contributed by atoms with Gasteiger partial charge in [-0.25, -0.2) is 12.7 Å². The lowest BCUT2D eigenvalue weighted by atomic mass is 10.1. The van der Waals surface area contributed by atoms with Gasteiger partial charge in [-0.3, -0.25) is 4.79 Å². The normalized spacial score (nSPS) is 11.3. The maximum atomic E-state index is 12.8. The van der Waals surface area contributed by atoms with E-state index in [2.05, 4.69) is 5.32 Å². The second-order valence-electron chi connectivity index (χ2n) is 7.70. The molecule has 186 valence electrons. The van der Waals surface area contributed by atoms with Gasteiger partial charge in [-0.2, -0.15) is 0 Å². The topological polar surface area (TPSA) is 94.2 Å². The van der Waals surface area contributed by atoms with Gasteiger partial charge in [0.25, 0.3) is 0 Å². The number of benzene rings is 3. The van der Waals surface area contributed by atoms with Gasteiger partial charge in [0.1, 0.15) is 5.75 Å². The maximum Gasteiger partial charge on any atom is 0.242 e. The Bertz CT molecular complexity index is 1310. The second-order valence-corrected chi connectivity index (χ2v) is 10.3. The molecule has 0 spiro atoms. The molecule has 3 rings (SSSR count). The van der Waals surface area contributed by atoms with Crippen molar-refractivity contribution in [2.24, 2.45) is 0 Å². The molecule has 0 aliphatic heterocycles. The van der Waals surface area contributed by atoms with Gasteiger partial charge in [-0.05, 0) is 60.5 Å². The van der Waals surface area contributed by atoms with Gasteiger partial charge in [-0.15, -0.1) is 0 Å². The molecule has 8 nitrogen and oxygen atoms in total. The number of halogens is 1. The standard InChI is InChI=1S/C25H27ClN2O6S/c1-28(2)35(30,31)19-11-13-21(32-3)17(15-19)9-14-25(29)27-20-16-18(26)10-12-22(20)34-24-8-6-5-7-23(24)33-4/h5-8,10-13,15-16H,9,14H2,1-4H3,(H,27,29). The predicted octanol–water partition coefficient (Wildman–Crippen LogP) is 4.97. The Balaban J connectivity index is 1.78. The Kier molecular flexibility index (Phi) is 8.61. The van der Waals surface area contributed by atoms with E-state index in [0.717, 1.165) is 4.31 Å². The molecule has 1 amide bonds. The minimum Gasteiger partial charge on any atom is -0.496 e. The summed E-state index contributed by atoms with van der Waals surface area (Å²) in [6.07, 6.45) is 0.331. The third-order valence-electron chi connectivity index (χ3n) is 5.16. The highest BCUT2D eigenvalue weighted by Gasteiger charge is 2.20. The molecule has 0 aliphatic rings. The number of anilines is 1. The summed E-state index contributed by atoms with van der Waals surface area (Å²) in [6, 6.07) is 16.6. The van der Waals surface area contributed by atoms with E-state index in [4.69, 9.17) is 25.8 Å². The molecule has 0 radical (unpaired) electrons.